The van der Waals surface area contributed by atoms with Gasteiger partial charge in [0.1, 0.15) is 17.8 Å². The SMILES string of the molecule is C=CC(=O)N1CC(Nc2ncnc3c2ccn3P)CCC1C. The van der Waals surface area contributed by atoms with E-state index in [1.807, 2.05) is 21.5 Å². The lowest BCUT2D eigenvalue weighted by molar-refractivity contribution is -0.129. The maximum atomic E-state index is 11.9. The van der Waals surface area contributed by atoms with Crippen molar-refractivity contribution in [3.63, 3.8) is 0 Å². The van der Waals surface area contributed by atoms with Gasteiger partial charge in [0.2, 0.25) is 5.91 Å². The van der Waals surface area contributed by atoms with Crippen LogP contribution in [-0.4, -0.2) is 43.7 Å². The molecular weight excluding hydrogens is 297 g/mol. The maximum Gasteiger partial charge on any atom is 0.246 e. The van der Waals surface area contributed by atoms with Crippen molar-refractivity contribution in [1.29, 1.82) is 0 Å². The van der Waals surface area contributed by atoms with Gasteiger partial charge in [-0.3, -0.25) is 4.79 Å². The lowest BCUT2D eigenvalue weighted by Gasteiger charge is -2.38. The Morgan fingerprint density at radius 3 is 3.09 bits per heavy atom. The number of rotatable bonds is 3. The summed E-state index contributed by atoms with van der Waals surface area (Å²) in [6.45, 7) is 6.33. The second-order valence-corrected chi connectivity index (χ2v) is 6.20. The first-order valence-electron chi connectivity index (χ1n) is 7.37. The molecule has 2 aromatic heterocycles. The molecule has 1 aliphatic heterocycles. The third kappa shape index (κ3) is 2.71. The van der Waals surface area contributed by atoms with Gasteiger partial charge in [-0.05, 0) is 41.3 Å². The van der Waals surface area contributed by atoms with Crippen LogP contribution in [0, 0.1) is 0 Å². The fraction of sp³-hybridized carbons (Fsp3) is 0.400. The van der Waals surface area contributed by atoms with Crippen molar-refractivity contribution in [2.75, 3.05) is 11.9 Å². The highest BCUT2D eigenvalue weighted by Crippen LogP contribution is 2.25. The predicted molar refractivity (Wildman–Crippen MR) is 90.7 cm³/mol. The van der Waals surface area contributed by atoms with E-state index in [1.54, 1.807) is 6.33 Å². The van der Waals surface area contributed by atoms with Crippen LogP contribution in [0.15, 0.2) is 31.2 Å². The van der Waals surface area contributed by atoms with Crippen molar-refractivity contribution in [3.05, 3.63) is 31.2 Å². The molecule has 0 spiro atoms. The molecule has 1 amide bonds. The van der Waals surface area contributed by atoms with Gasteiger partial charge in [-0.15, -0.1) is 0 Å². The monoisotopic (exact) mass is 317 g/mol. The van der Waals surface area contributed by atoms with E-state index >= 15 is 0 Å². The predicted octanol–water partition coefficient (Wildman–Crippen LogP) is 2.05. The number of carbonyl (C=O) groups excluding carboxylic acids is 1. The number of carbonyl (C=O) groups is 1. The summed E-state index contributed by atoms with van der Waals surface area (Å²) in [7, 11) is 2.61. The van der Waals surface area contributed by atoms with Crippen LogP contribution in [-0.2, 0) is 4.79 Å². The molecule has 0 radical (unpaired) electrons. The molecule has 0 bridgehead atoms. The Hall–Kier alpha value is -1.94. The van der Waals surface area contributed by atoms with Gasteiger partial charge < -0.3 is 14.6 Å². The minimum Gasteiger partial charge on any atom is -0.365 e. The molecule has 1 aliphatic rings. The molecule has 7 heteroatoms. The standard InChI is InChI=1S/C15H20N5OP/c1-3-13(21)19-8-11(5-4-10(19)2)18-14-12-6-7-20(22)15(12)17-9-16-14/h3,6-7,9-11H,1,4-5,8,22H2,2H3,(H,16,17,18). The van der Waals surface area contributed by atoms with Crippen LogP contribution in [0.4, 0.5) is 5.82 Å². The van der Waals surface area contributed by atoms with Gasteiger partial charge in [-0.25, -0.2) is 9.97 Å². The van der Waals surface area contributed by atoms with Crippen LogP contribution in [0.1, 0.15) is 19.8 Å². The first-order chi connectivity index (χ1) is 10.6. The summed E-state index contributed by atoms with van der Waals surface area (Å²) >= 11 is 0. The van der Waals surface area contributed by atoms with E-state index in [2.05, 4.69) is 38.2 Å². The topological polar surface area (TPSA) is 63.1 Å². The number of anilines is 1. The minimum atomic E-state index is -0.0112. The number of hydrogen-bond acceptors (Lipinski definition) is 4. The Morgan fingerprint density at radius 2 is 2.32 bits per heavy atom. The molecule has 0 aliphatic carbocycles. The quantitative estimate of drug-likeness (QED) is 0.695. The lowest BCUT2D eigenvalue weighted by atomic mass is 9.99. The van der Waals surface area contributed by atoms with E-state index in [1.165, 1.54) is 6.08 Å². The van der Waals surface area contributed by atoms with Gasteiger partial charge in [0.25, 0.3) is 0 Å². The third-order valence-electron chi connectivity index (χ3n) is 4.19. The molecular formula is C15H20N5OP. The summed E-state index contributed by atoms with van der Waals surface area (Å²) in [5.74, 6) is 0.805. The van der Waals surface area contributed by atoms with Crippen LogP contribution in [0.5, 0.6) is 0 Å². The number of nitrogens with one attached hydrogen (secondary N) is 1. The molecule has 22 heavy (non-hydrogen) atoms. The van der Waals surface area contributed by atoms with Crippen molar-refractivity contribution >= 4 is 32.1 Å². The molecule has 2 aromatic rings. The zero-order valence-corrected chi connectivity index (χ0v) is 13.7. The summed E-state index contributed by atoms with van der Waals surface area (Å²) in [5, 5.41) is 4.45. The second kappa shape index (κ2) is 6.05. The molecule has 1 N–H and O–H groups in total. The van der Waals surface area contributed by atoms with Gasteiger partial charge in [-0.1, -0.05) is 6.58 Å². The lowest BCUT2D eigenvalue weighted by Crippen LogP contribution is -2.49. The van der Waals surface area contributed by atoms with E-state index in [9.17, 15) is 4.79 Å². The van der Waals surface area contributed by atoms with Crippen molar-refractivity contribution in [3.8, 4) is 0 Å². The van der Waals surface area contributed by atoms with E-state index in [-0.39, 0.29) is 18.0 Å². The number of amides is 1. The van der Waals surface area contributed by atoms with Crippen molar-refractivity contribution in [1.82, 2.24) is 19.2 Å². The van der Waals surface area contributed by atoms with E-state index in [0.717, 1.165) is 29.7 Å². The summed E-state index contributed by atoms with van der Waals surface area (Å²) < 4.78 is 1.89. The number of likely N-dealkylation sites (tertiary alicyclic amines) is 1. The third-order valence-corrected chi connectivity index (χ3v) is 4.61. The highest BCUT2D eigenvalue weighted by atomic mass is 31.0. The molecule has 3 unspecified atom stereocenters. The molecule has 3 heterocycles. The van der Waals surface area contributed by atoms with Gasteiger partial charge in [-0.2, -0.15) is 0 Å². The number of piperidine rings is 1. The second-order valence-electron chi connectivity index (χ2n) is 5.64. The fourth-order valence-corrected chi connectivity index (χ4v) is 3.22. The largest absolute Gasteiger partial charge is 0.365 e. The fourth-order valence-electron chi connectivity index (χ4n) is 2.93. The van der Waals surface area contributed by atoms with Crippen LogP contribution in [0.3, 0.4) is 0 Å². The van der Waals surface area contributed by atoms with E-state index in [0.29, 0.717) is 6.54 Å². The van der Waals surface area contributed by atoms with Gasteiger partial charge >= 0.3 is 0 Å². The summed E-state index contributed by atoms with van der Waals surface area (Å²) in [4.78, 5) is 22.4. The van der Waals surface area contributed by atoms with Crippen molar-refractivity contribution in [2.24, 2.45) is 0 Å². The first-order valence-corrected chi connectivity index (χ1v) is 7.88. The minimum absolute atomic E-state index is 0.0112. The molecule has 116 valence electrons. The maximum absolute atomic E-state index is 11.9. The van der Waals surface area contributed by atoms with Crippen LogP contribution < -0.4 is 5.32 Å². The molecule has 0 aromatic carbocycles. The Kier molecular flexibility index (Phi) is 4.12. The first kappa shape index (κ1) is 15.0. The number of fused-ring (bicyclic) bond motifs is 1. The van der Waals surface area contributed by atoms with Crippen LogP contribution >= 0.6 is 9.39 Å². The van der Waals surface area contributed by atoms with Crippen molar-refractivity contribution < 1.29 is 4.79 Å². The molecule has 0 saturated carbocycles. The summed E-state index contributed by atoms with van der Waals surface area (Å²) in [6.07, 6.45) is 6.86. The Balaban J connectivity index is 1.80. The smallest absolute Gasteiger partial charge is 0.246 e. The van der Waals surface area contributed by atoms with Gasteiger partial charge in [0, 0.05) is 24.8 Å². The molecule has 1 fully saturated rings. The van der Waals surface area contributed by atoms with E-state index < -0.39 is 0 Å². The summed E-state index contributed by atoms with van der Waals surface area (Å²) in [5.41, 5.74) is 0.866. The summed E-state index contributed by atoms with van der Waals surface area (Å²) in [6, 6.07) is 2.43. The number of aromatic nitrogens is 3. The Morgan fingerprint density at radius 1 is 1.50 bits per heavy atom. The average Bonchev–Trinajstić information content (AvgIpc) is 2.91. The van der Waals surface area contributed by atoms with E-state index in [4.69, 9.17) is 0 Å². The van der Waals surface area contributed by atoms with Crippen LogP contribution in [0.2, 0.25) is 0 Å². The normalized spacial score (nSPS) is 21.8. The molecule has 3 rings (SSSR count). The van der Waals surface area contributed by atoms with Crippen molar-refractivity contribution in [2.45, 2.75) is 31.8 Å². The Bertz CT molecular complexity index is 713. The molecule has 1 saturated heterocycles. The highest BCUT2D eigenvalue weighted by molar-refractivity contribution is 7.14. The number of nitrogens with zero attached hydrogens (tertiary/aromatic N) is 4. The average molecular weight is 317 g/mol. The molecule has 6 nitrogen and oxygen atoms in total. The number of hydrogen-bond donors (Lipinski definition) is 1. The highest BCUT2D eigenvalue weighted by Gasteiger charge is 2.28. The Labute approximate surface area is 131 Å². The van der Waals surface area contributed by atoms with Gasteiger partial charge in [0.05, 0.1) is 5.39 Å². The van der Waals surface area contributed by atoms with Crippen LogP contribution in [0.25, 0.3) is 11.0 Å². The zero-order chi connectivity index (χ0) is 15.7. The van der Waals surface area contributed by atoms with Gasteiger partial charge in [0.15, 0.2) is 0 Å². The molecule has 3 atom stereocenters. The zero-order valence-electron chi connectivity index (χ0n) is 12.6.